The second-order valence-corrected chi connectivity index (χ2v) is 10.6. The minimum Gasteiger partial charge on any atom is -0.377 e. The van der Waals surface area contributed by atoms with Crippen LogP contribution in [0.2, 0.25) is 5.02 Å². The molecule has 0 N–H and O–H groups in total. The van der Waals surface area contributed by atoms with E-state index in [1.165, 1.54) is 41.1 Å². The van der Waals surface area contributed by atoms with Crippen LogP contribution >= 0.6 is 11.6 Å². The van der Waals surface area contributed by atoms with Gasteiger partial charge in [0.2, 0.25) is 5.91 Å². The van der Waals surface area contributed by atoms with Gasteiger partial charge < -0.3 is 9.80 Å². The minimum atomic E-state index is -0.860. The van der Waals surface area contributed by atoms with Gasteiger partial charge >= 0.3 is 0 Å². The zero-order valence-corrected chi connectivity index (χ0v) is 24.0. The summed E-state index contributed by atoms with van der Waals surface area (Å²) >= 11 is 6.04. The standard InChI is InChI=1S/C31H28ClFN6O3/c1-19(40)21-9-7-20(8-10-21)17-28(41)31-23-5-4-6-26(37(2)3)22(23)15-16-38(31)29(42)14-11-24-27(39-18-34-35-36-39)13-12-25(32)30(24)33/h4-14,18,31H,15-17H2,1-3H3/b14-11+. The second kappa shape index (κ2) is 12.0. The molecule has 0 fully saturated rings. The molecule has 9 nitrogen and oxygen atoms in total. The number of benzene rings is 3. The first-order valence-electron chi connectivity index (χ1n) is 13.3. The molecule has 1 aliphatic heterocycles. The highest BCUT2D eigenvalue weighted by molar-refractivity contribution is 6.31. The first kappa shape index (κ1) is 28.8. The Morgan fingerprint density at radius 3 is 2.52 bits per heavy atom. The number of halogens is 2. The second-order valence-electron chi connectivity index (χ2n) is 10.2. The largest absolute Gasteiger partial charge is 0.377 e. The smallest absolute Gasteiger partial charge is 0.247 e. The molecular weight excluding hydrogens is 559 g/mol. The number of Topliss-reactive ketones (excluding diaryl/α,β-unsaturated/α-hetero) is 2. The van der Waals surface area contributed by atoms with E-state index in [0.29, 0.717) is 24.2 Å². The molecule has 1 aliphatic rings. The van der Waals surface area contributed by atoms with Crippen molar-refractivity contribution in [2.24, 2.45) is 0 Å². The first-order chi connectivity index (χ1) is 20.2. The Hall–Kier alpha value is -4.70. The zero-order chi connectivity index (χ0) is 30.0. The highest BCUT2D eigenvalue weighted by Gasteiger charge is 2.36. The van der Waals surface area contributed by atoms with E-state index in [-0.39, 0.29) is 28.6 Å². The fourth-order valence-corrected chi connectivity index (χ4v) is 5.41. The predicted octanol–water partition coefficient (Wildman–Crippen LogP) is 4.67. The molecule has 2 heterocycles. The highest BCUT2D eigenvalue weighted by Crippen LogP contribution is 2.36. The summed E-state index contributed by atoms with van der Waals surface area (Å²) in [7, 11) is 3.87. The molecule has 0 aliphatic carbocycles. The molecule has 1 unspecified atom stereocenters. The summed E-state index contributed by atoms with van der Waals surface area (Å²) in [4.78, 5) is 42.8. The number of aromatic nitrogens is 4. The number of ketones is 2. The van der Waals surface area contributed by atoms with Gasteiger partial charge in [0.05, 0.1) is 10.7 Å². The maximum absolute atomic E-state index is 15.1. The van der Waals surface area contributed by atoms with Gasteiger partial charge in [-0.1, -0.05) is 48.0 Å². The van der Waals surface area contributed by atoms with Crippen LogP contribution in [0.5, 0.6) is 0 Å². The number of hydrogen-bond donors (Lipinski definition) is 0. The summed E-state index contributed by atoms with van der Waals surface area (Å²) in [6.07, 6.45) is 4.49. The quantitative estimate of drug-likeness (QED) is 0.218. The Labute approximate surface area is 247 Å². The van der Waals surface area contributed by atoms with Crippen LogP contribution in [0.1, 0.15) is 45.6 Å². The molecule has 5 rings (SSSR count). The van der Waals surface area contributed by atoms with E-state index in [0.717, 1.165) is 22.4 Å². The molecule has 4 aromatic rings. The van der Waals surface area contributed by atoms with Gasteiger partial charge in [-0.2, -0.15) is 4.68 Å². The summed E-state index contributed by atoms with van der Waals surface area (Å²) in [5.74, 6) is -1.42. The van der Waals surface area contributed by atoms with E-state index in [1.54, 1.807) is 30.3 Å². The van der Waals surface area contributed by atoms with Crippen molar-refractivity contribution in [1.29, 1.82) is 0 Å². The van der Waals surface area contributed by atoms with Crippen LogP contribution in [0.25, 0.3) is 11.8 Å². The number of fused-ring (bicyclic) bond motifs is 1. The average molecular weight is 587 g/mol. The normalized spacial score (nSPS) is 14.6. The average Bonchev–Trinajstić information content (AvgIpc) is 3.51. The molecule has 11 heteroatoms. The number of rotatable bonds is 8. The van der Waals surface area contributed by atoms with Crippen LogP contribution in [0.4, 0.5) is 10.1 Å². The molecule has 0 radical (unpaired) electrons. The van der Waals surface area contributed by atoms with Gasteiger partial charge in [-0.25, -0.2) is 4.39 Å². The Balaban J connectivity index is 1.51. The van der Waals surface area contributed by atoms with Crippen LogP contribution in [0, 0.1) is 5.82 Å². The molecule has 0 spiro atoms. The number of carbonyl (C=O) groups excluding carboxylic acids is 3. The summed E-state index contributed by atoms with van der Waals surface area (Å²) in [6, 6.07) is 14.7. The topological polar surface area (TPSA) is 101 Å². The van der Waals surface area contributed by atoms with Gasteiger partial charge in [0, 0.05) is 50.0 Å². The van der Waals surface area contributed by atoms with Crippen molar-refractivity contribution in [3.63, 3.8) is 0 Å². The lowest BCUT2D eigenvalue weighted by molar-refractivity contribution is -0.136. The van der Waals surface area contributed by atoms with Crippen LogP contribution in [-0.4, -0.2) is 63.2 Å². The van der Waals surface area contributed by atoms with E-state index < -0.39 is 17.8 Å². The first-order valence-corrected chi connectivity index (χ1v) is 13.6. The van der Waals surface area contributed by atoms with E-state index in [9.17, 15) is 14.4 Å². The van der Waals surface area contributed by atoms with Gasteiger partial charge in [0.15, 0.2) is 17.4 Å². The number of carbonyl (C=O) groups is 3. The minimum absolute atomic E-state index is 0.0314. The fourth-order valence-electron chi connectivity index (χ4n) is 5.25. The van der Waals surface area contributed by atoms with Crippen LogP contribution in [0.15, 0.2) is 67.0 Å². The Kier molecular flexibility index (Phi) is 8.26. The molecule has 42 heavy (non-hydrogen) atoms. The Bertz CT molecular complexity index is 1690. The lowest BCUT2D eigenvalue weighted by Crippen LogP contribution is -2.43. The molecule has 0 bridgehead atoms. The van der Waals surface area contributed by atoms with Gasteiger partial charge in [0.1, 0.15) is 12.4 Å². The van der Waals surface area contributed by atoms with Crippen LogP contribution < -0.4 is 4.90 Å². The Morgan fingerprint density at radius 1 is 1.10 bits per heavy atom. The van der Waals surface area contributed by atoms with E-state index in [1.807, 2.05) is 37.2 Å². The lowest BCUT2D eigenvalue weighted by Gasteiger charge is -2.37. The number of tetrazole rings is 1. The van der Waals surface area contributed by atoms with Crippen molar-refractivity contribution >= 4 is 40.8 Å². The van der Waals surface area contributed by atoms with Crippen molar-refractivity contribution in [1.82, 2.24) is 25.1 Å². The van der Waals surface area contributed by atoms with Crippen LogP contribution in [0.3, 0.4) is 0 Å². The summed E-state index contributed by atoms with van der Waals surface area (Å²) in [6.45, 7) is 1.78. The van der Waals surface area contributed by atoms with Gasteiger partial charge in [-0.3, -0.25) is 14.4 Å². The van der Waals surface area contributed by atoms with Crippen LogP contribution in [-0.2, 0) is 22.4 Å². The van der Waals surface area contributed by atoms with E-state index in [4.69, 9.17) is 11.6 Å². The molecular formula is C31H28ClFN6O3. The number of nitrogens with zero attached hydrogens (tertiary/aromatic N) is 6. The van der Waals surface area contributed by atoms with Crippen molar-refractivity contribution in [2.75, 3.05) is 25.5 Å². The third-order valence-electron chi connectivity index (χ3n) is 7.30. The molecule has 0 saturated carbocycles. The molecule has 214 valence electrons. The number of hydrogen-bond acceptors (Lipinski definition) is 7. The zero-order valence-electron chi connectivity index (χ0n) is 23.3. The number of anilines is 1. The molecule has 0 saturated heterocycles. The molecule has 1 amide bonds. The lowest BCUT2D eigenvalue weighted by atomic mass is 9.86. The summed E-state index contributed by atoms with van der Waals surface area (Å²) in [5, 5.41) is 10.9. The summed E-state index contributed by atoms with van der Waals surface area (Å²) in [5.41, 5.74) is 4.35. The van der Waals surface area contributed by atoms with E-state index >= 15 is 4.39 Å². The van der Waals surface area contributed by atoms with Gasteiger partial charge in [-0.05, 0) is 64.7 Å². The SMILES string of the molecule is CC(=O)c1ccc(CC(=O)C2c3cccc(N(C)C)c3CCN2C(=O)/C=C/c2c(-n3cnnn3)ccc(Cl)c2F)cc1. The monoisotopic (exact) mass is 586 g/mol. The molecule has 1 atom stereocenters. The van der Waals surface area contributed by atoms with Gasteiger partial charge in [-0.15, -0.1) is 5.10 Å². The highest BCUT2D eigenvalue weighted by atomic mass is 35.5. The predicted molar refractivity (Wildman–Crippen MR) is 157 cm³/mol. The van der Waals surface area contributed by atoms with Crippen molar-refractivity contribution in [3.05, 3.63) is 106 Å². The van der Waals surface area contributed by atoms with Gasteiger partial charge in [0.25, 0.3) is 0 Å². The fraction of sp³-hybridized carbons (Fsp3) is 0.226. The third kappa shape index (κ3) is 5.71. The van der Waals surface area contributed by atoms with E-state index in [2.05, 4.69) is 15.5 Å². The summed E-state index contributed by atoms with van der Waals surface area (Å²) < 4.78 is 16.4. The third-order valence-corrected chi connectivity index (χ3v) is 7.60. The van der Waals surface area contributed by atoms with Crippen molar-refractivity contribution in [2.45, 2.75) is 25.8 Å². The molecule has 1 aromatic heterocycles. The number of amides is 1. The van der Waals surface area contributed by atoms with Crippen molar-refractivity contribution in [3.8, 4) is 5.69 Å². The van der Waals surface area contributed by atoms with Crippen molar-refractivity contribution < 1.29 is 18.8 Å². The maximum atomic E-state index is 15.1. The maximum Gasteiger partial charge on any atom is 0.247 e. The molecule has 3 aromatic carbocycles. The Morgan fingerprint density at radius 2 is 1.86 bits per heavy atom.